The summed E-state index contributed by atoms with van der Waals surface area (Å²) in [7, 11) is 0. The van der Waals surface area contributed by atoms with E-state index in [1.165, 1.54) is 5.57 Å². The first-order valence-electron chi connectivity index (χ1n) is 10.4. The largest absolute Gasteiger partial charge is 0.383 e. The predicted octanol–water partition coefficient (Wildman–Crippen LogP) is 5.14. The third-order valence-corrected chi connectivity index (χ3v) is 9.39. The van der Waals surface area contributed by atoms with Gasteiger partial charge in [-0.15, -0.1) is 0 Å². The van der Waals surface area contributed by atoms with Gasteiger partial charge in [0.25, 0.3) is 0 Å². The lowest BCUT2D eigenvalue weighted by atomic mass is 9.41. The van der Waals surface area contributed by atoms with E-state index in [0.717, 1.165) is 32.1 Å². The molecule has 2 fully saturated rings. The molecule has 0 aromatic rings. The van der Waals surface area contributed by atoms with Crippen LogP contribution in [0.3, 0.4) is 0 Å². The van der Waals surface area contributed by atoms with Crippen LogP contribution in [0.2, 0.25) is 0 Å². The van der Waals surface area contributed by atoms with Crippen LogP contribution in [0.1, 0.15) is 65.7 Å². The normalized spacial score (nSPS) is 49.1. The molecule has 0 heterocycles. The van der Waals surface area contributed by atoms with Gasteiger partial charge >= 0.3 is 0 Å². The summed E-state index contributed by atoms with van der Waals surface area (Å²) in [6.07, 6.45) is 9.33. The topological polar surface area (TPSA) is 61.1 Å². The molecule has 0 bridgehead atoms. The lowest BCUT2D eigenvalue weighted by molar-refractivity contribution is -0.159. The Morgan fingerprint density at radius 3 is 2.78 bits per heavy atom. The first-order chi connectivity index (χ1) is 12.7. The SMILES string of the molecule is C[C@@H]1CC2=CC(=O)CC[C@]2(C)[C@H]2CC[C@@]3(C)[C@@H](CC=C(Cl)[C@@]3(O)CC#N)[C@H]12. The van der Waals surface area contributed by atoms with Gasteiger partial charge in [-0.05, 0) is 67.3 Å². The predicted molar refractivity (Wildman–Crippen MR) is 106 cm³/mol. The van der Waals surface area contributed by atoms with E-state index in [4.69, 9.17) is 11.6 Å². The van der Waals surface area contributed by atoms with Gasteiger partial charge in [-0.25, -0.2) is 0 Å². The Morgan fingerprint density at radius 2 is 2.07 bits per heavy atom. The molecule has 4 rings (SSSR count). The molecule has 0 radical (unpaired) electrons. The van der Waals surface area contributed by atoms with Gasteiger partial charge in [0.2, 0.25) is 0 Å². The average molecular weight is 388 g/mol. The second kappa shape index (κ2) is 6.19. The molecule has 27 heavy (non-hydrogen) atoms. The maximum atomic E-state index is 12.0. The second-order valence-corrected chi connectivity index (χ2v) is 10.4. The number of nitrogens with zero attached hydrogens (tertiary/aromatic N) is 1. The standard InChI is InChI=1S/C23H30ClNO2/c1-14-12-15-13-16(26)6-8-21(15,2)17-7-9-22(3)18(20(14)17)4-5-19(24)23(22,27)10-11-25/h5,13-14,17-18,20,27H,4,6-10,12H2,1-3H3/t14-,17+,18+,20-,21+,22+,23+/m1/s1. The molecule has 4 heteroatoms. The molecule has 3 nitrogen and oxygen atoms in total. The first kappa shape index (κ1) is 19.2. The molecule has 0 amide bonds. The average Bonchev–Trinajstić information content (AvgIpc) is 2.61. The summed E-state index contributed by atoms with van der Waals surface area (Å²) in [5.41, 5.74) is -0.152. The van der Waals surface area contributed by atoms with Gasteiger partial charge in [0.1, 0.15) is 5.60 Å². The van der Waals surface area contributed by atoms with E-state index in [0.29, 0.717) is 35.1 Å². The number of hydrogen-bond acceptors (Lipinski definition) is 3. The Hall–Kier alpha value is -1.11. The van der Waals surface area contributed by atoms with E-state index >= 15 is 0 Å². The Labute approximate surface area is 167 Å². The van der Waals surface area contributed by atoms with E-state index < -0.39 is 5.60 Å². The fraction of sp³-hybridized carbons (Fsp3) is 0.739. The molecule has 0 aromatic carbocycles. The minimum atomic E-state index is -1.24. The monoisotopic (exact) mass is 387 g/mol. The van der Waals surface area contributed by atoms with Crippen LogP contribution in [0.15, 0.2) is 22.8 Å². The zero-order chi connectivity index (χ0) is 19.6. The van der Waals surface area contributed by atoms with E-state index in [1.807, 2.05) is 12.2 Å². The number of aliphatic hydroxyl groups is 1. The number of carbonyl (C=O) groups excluding carboxylic acids is 1. The molecule has 0 unspecified atom stereocenters. The molecule has 2 saturated carbocycles. The van der Waals surface area contributed by atoms with Gasteiger partial charge in [-0.1, -0.05) is 44.0 Å². The highest BCUT2D eigenvalue weighted by atomic mass is 35.5. The fourth-order valence-electron chi connectivity index (χ4n) is 7.25. The van der Waals surface area contributed by atoms with Gasteiger partial charge in [-0.3, -0.25) is 4.79 Å². The van der Waals surface area contributed by atoms with Crippen LogP contribution in [-0.2, 0) is 4.79 Å². The van der Waals surface area contributed by atoms with E-state index in [2.05, 4.69) is 26.8 Å². The highest BCUT2D eigenvalue weighted by Gasteiger charge is 2.63. The minimum absolute atomic E-state index is 0.0536. The summed E-state index contributed by atoms with van der Waals surface area (Å²) >= 11 is 6.49. The molecule has 4 aliphatic rings. The summed E-state index contributed by atoms with van der Waals surface area (Å²) in [6.45, 7) is 6.84. The van der Waals surface area contributed by atoms with Gasteiger partial charge in [-0.2, -0.15) is 5.26 Å². The molecule has 146 valence electrons. The minimum Gasteiger partial charge on any atom is -0.383 e. The van der Waals surface area contributed by atoms with Crippen LogP contribution in [-0.4, -0.2) is 16.5 Å². The van der Waals surface area contributed by atoms with Gasteiger partial charge in [0.15, 0.2) is 5.78 Å². The third-order valence-electron chi connectivity index (χ3n) is 8.92. The number of rotatable bonds is 1. The highest BCUT2D eigenvalue weighted by molar-refractivity contribution is 6.30. The van der Waals surface area contributed by atoms with Crippen LogP contribution in [0.5, 0.6) is 0 Å². The van der Waals surface area contributed by atoms with Crippen molar-refractivity contribution in [3.05, 3.63) is 22.8 Å². The second-order valence-electron chi connectivity index (χ2n) is 9.96. The smallest absolute Gasteiger partial charge is 0.155 e. The van der Waals surface area contributed by atoms with Crippen molar-refractivity contribution in [3.8, 4) is 6.07 Å². The molecular formula is C23H30ClNO2. The van der Waals surface area contributed by atoms with Crippen molar-refractivity contribution in [2.45, 2.75) is 71.3 Å². The molecule has 1 N–H and O–H groups in total. The highest BCUT2D eigenvalue weighted by Crippen LogP contribution is 2.67. The molecule has 0 aliphatic heterocycles. The molecule has 7 atom stereocenters. The number of allylic oxidation sites excluding steroid dienone is 3. The van der Waals surface area contributed by atoms with Crippen molar-refractivity contribution in [3.63, 3.8) is 0 Å². The van der Waals surface area contributed by atoms with Crippen molar-refractivity contribution in [2.24, 2.45) is 34.5 Å². The van der Waals surface area contributed by atoms with Crippen molar-refractivity contribution in [2.75, 3.05) is 0 Å². The van der Waals surface area contributed by atoms with Crippen LogP contribution in [0.4, 0.5) is 0 Å². The van der Waals surface area contributed by atoms with Gasteiger partial charge in [0, 0.05) is 16.9 Å². The van der Waals surface area contributed by atoms with Crippen molar-refractivity contribution in [1.82, 2.24) is 0 Å². The Morgan fingerprint density at radius 1 is 1.33 bits per heavy atom. The Bertz CT molecular complexity index is 780. The summed E-state index contributed by atoms with van der Waals surface area (Å²) in [5, 5.41) is 21.4. The van der Waals surface area contributed by atoms with Crippen molar-refractivity contribution < 1.29 is 9.90 Å². The number of nitriles is 1. The number of hydrogen-bond donors (Lipinski definition) is 1. The Kier molecular flexibility index (Phi) is 4.41. The number of carbonyl (C=O) groups is 1. The van der Waals surface area contributed by atoms with Crippen molar-refractivity contribution in [1.29, 1.82) is 5.26 Å². The maximum absolute atomic E-state index is 12.0. The van der Waals surface area contributed by atoms with Crippen LogP contribution >= 0.6 is 11.6 Å². The van der Waals surface area contributed by atoms with Gasteiger partial charge < -0.3 is 5.11 Å². The first-order valence-corrected chi connectivity index (χ1v) is 10.7. The molecule has 0 saturated heterocycles. The Balaban J connectivity index is 1.78. The lowest BCUT2D eigenvalue weighted by Gasteiger charge is -2.64. The zero-order valence-corrected chi connectivity index (χ0v) is 17.4. The van der Waals surface area contributed by atoms with Gasteiger partial charge in [0.05, 0.1) is 12.5 Å². The number of fused-ring (bicyclic) bond motifs is 5. The summed E-state index contributed by atoms with van der Waals surface area (Å²) in [5.74, 6) is 2.11. The summed E-state index contributed by atoms with van der Waals surface area (Å²) in [6, 6.07) is 2.19. The fourth-order valence-corrected chi connectivity index (χ4v) is 7.62. The molecular weight excluding hydrogens is 358 g/mol. The lowest BCUT2D eigenvalue weighted by Crippen LogP contribution is -2.61. The number of ketones is 1. The van der Waals surface area contributed by atoms with E-state index in [-0.39, 0.29) is 23.0 Å². The number of halogens is 1. The zero-order valence-electron chi connectivity index (χ0n) is 16.6. The van der Waals surface area contributed by atoms with Crippen LogP contribution in [0, 0.1) is 45.8 Å². The molecule has 0 aromatic heterocycles. The van der Waals surface area contributed by atoms with Crippen molar-refractivity contribution >= 4 is 17.4 Å². The quantitative estimate of drug-likeness (QED) is 0.677. The molecule has 0 spiro atoms. The van der Waals surface area contributed by atoms with Crippen LogP contribution < -0.4 is 0 Å². The van der Waals surface area contributed by atoms with Crippen LogP contribution in [0.25, 0.3) is 0 Å². The third kappa shape index (κ3) is 2.45. The maximum Gasteiger partial charge on any atom is 0.155 e. The van der Waals surface area contributed by atoms with E-state index in [9.17, 15) is 15.2 Å². The summed E-state index contributed by atoms with van der Waals surface area (Å²) < 4.78 is 0. The van der Waals surface area contributed by atoms with E-state index in [1.54, 1.807) is 0 Å². The molecule has 4 aliphatic carbocycles. The summed E-state index contributed by atoms with van der Waals surface area (Å²) in [4.78, 5) is 12.0.